The third kappa shape index (κ3) is 0.997. The summed E-state index contributed by atoms with van der Waals surface area (Å²) in [4.78, 5) is 4.94. The van der Waals surface area contributed by atoms with E-state index in [-0.39, 0.29) is 0 Å². The molecular formula is C6H11NO. The summed E-state index contributed by atoms with van der Waals surface area (Å²) < 4.78 is 0. The van der Waals surface area contributed by atoms with E-state index in [0.29, 0.717) is 6.10 Å². The first-order valence-electron chi connectivity index (χ1n) is 3.04. The second-order valence-corrected chi connectivity index (χ2v) is 2.13. The molecule has 2 nitrogen and oxygen atoms in total. The van der Waals surface area contributed by atoms with Crippen molar-refractivity contribution in [2.75, 3.05) is 0 Å². The van der Waals surface area contributed by atoms with Crippen LogP contribution in [-0.4, -0.2) is 11.8 Å². The monoisotopic (exact) mass is 113 g/mol. The lowest BCUT2D eigenvalue weighted by Gasteiger charge is -1.94. The minimum absolute atomic E-state index is 0.324. The molecule has 0 saturated heterocycles. The lowest BCUT2D eigenvalue weighted by Crippen LogP contribution is -1.99. The van der Waals surface area contributed by atoms with Crippen LogP contribution in [0.3, 0.4) is 0 Å². The third-order valence-corrected chi connectivity index (χ3v) is 1.29. The van der Waals surface area contributed by atoms with Gasteiger partial charge in [-0.1, -0.05) is 12.1 Å². The Kier molecular flexibility index (Phi) is 1.51. The summed E-state index contributed by atoms with van der Waals surface area (Å²) in [6, 6.07) is 0. The van der Waals surface area contributed by atoms with Crippen molar-refractivity contribution in [2.45, 2.75) is 32.8 Å². The van der Waals surface area contributed by atoms with Gasteiger partial charge in [-0.25, -0.2) is 0 Å². The van der Waals surface area contributed by atoms with Gasteiger partial charge in [-0.05, 0) is 13.3 Å². The average Bonchev–Trinajstić information content (AvgIpc) is 2.14. The highest BCUT2D eigenvalue weighted by molar-refractivity contribution is 5.84. The van der Waals surface area contributed by atoms with Crippen molar-refractivity contribution >= 4 is 5.71 Å². The highest BCUT2D eigenvalue weighted by Gasteiger charge is 2.12. The van der Waals surface area contributed by atoms with Crippen molar-refractivity contribution in [1.82, 2.24) is 0 Å². The molecule has 0 aromatic carbocycles. The molecule has 0 amide bonds. The second-order valence-electron chi connectivity index (χ2n) is 2.13. The van der Waals surface area contributed by atoms with E-state index in [1.807, 2.05) is 6.92 Å². The van der Waals surface area contributed by atoms with Crippen LogP contribution in [0.15, 0.2) is 5.16 Å². The Bertz CT molecular complexity index is 109. The van der Waals surface area contributed by atoms with Crippen LogP contribution in [0, 0.1) is 0 Å². The van der Waals surface area contributed by atoms with Gasteiger partial charge in [0.1, 0.15) is 6.10 Å². The smallest absolute Gasteiger partial charge is 0.130 e. The van der Waals surface area contributed by atoms with Gasteiger partial charge >= 0.3 is 0 Å². The fourth-order valence-electron chi connectivity index (χ4n) is 0.780. The molecule has 1 rings (SSSR count). The average molecular weight is 113 g/mol. The first-order valence-corrected chi connectivity index (χ1v) is 3.04. The molecule has 0 fully saturated rings. The molecule has 0 spiro atoms. The second kappa shape index (κ2) is 2.16. The largest absolute Gasteiger partial charge is 0.392 e. The number of hydrogen-bond acceptors (Lipinski definition) is 2. The zero-order valence-electron chi connectivity index (χ0n) is 5.35. The first kappa shape index (κ1) is 5.60. The van der Waals surface area contributed by atoms with Gasteiger partial charge in [0.25, 0.3) is 0 Å². The number of hydrogen-bond donors (Lipinski definition) is 0. The maximum atomic E-state index is 4.94. The highest BCUT2D eigenvalue weighted by Crippen LogP contribution is 2.10. The summed E-state index contributed by atoms with van der Waals surface area (Å²) >= 11 is 0. The van der Waals surface area contributed by atoms with E-state index in [9.17, 15) is 0 Å². The third-order valence-electron chi connectivity index (χ3n) is 1.29. The Hall–Kier alpha value is -0.530. The zero-order valence-corrected chi connectivity index (χ0v) is 5.35. The predicted octanol–water partition coefficient (Wildman–Crippen LogP) is 1.56. The molecule has 0 aromatic rings. The Balaban J connectivity index is 2.37. The van der Waals surface area contributed by atoms with E-state index in [4.69, 9.17) is 4.84 Å². The van der Waals surface area contributed by atoms with Gasteiger partial charge in [-0.2, -0.15) is 0 Å². The number of rotatable bonds is 1. The topological polar surface area (TPSA) is 21.6 Å². The normalized spacial score (nSPS) is 27.2. The van der Waals surface area contributed by atoms with Crippen LogP contribution in [0.2, 0.25) is 0 Å². The predicted molar refractivity (Wildman–Crippen MR) is 32.9 cm³/mol. The minimum Gasteiger partial charge on any atom is -0.392 e. The molecule has 0 unspecified atom stereocenters. The maximum Gasteiger partial charge on any atom is 0.130 e. The molecular weight excluding hydrogens is 102 g/mol. The minimum atomic E-state index is 0.324. The molecule has 0 radical (unpaired) electrons. The lowest BCUT2D eigenvalue weighted by atomic mass is 10.2. The number of oxime groups is 1. The summed E-state index contributed by atoms with van der Waals surface area (Å²) in [5, 5.41) is 3.85. The quantitative estimate of drug-likeness (QED) is 0.505. The van der Waals surface area contributed by atoms with Gasteiger partial charge in [0.05, 0.1) is 5.71 Å². The van der Waals surface area contributed by atoms with Crippen molar-refractivity contribution in [3.63, 3.8) is 0 Å². The maximum absolute atomic E-state index is 4.94. The van der Waals surface area contributed by atoms with E-state index < -0.39 is 0 Å². The van der Waals surface area contributed by atoms with Crippen molar-refractivity contribution < 1.29 is 4.84 Å². The summed E-state index contributed by atoms with van der Waals surface area (Å²) in [6.45, 7) is 4.13. The fourth-order valence-corrected chi connectivity index (χ4v) is 0.780. The van der Waals surface area contributed by atoms with E-state index in [0.717, 1.165) is 12.8 Å². The molecule has 1 heterocycles. The molecule has 0 aliphatic carbocycles. The molecule has 1 aliphatic heterocycles. The van der Waals surface area contributed by atoms with Gasteiger partial charge < -0.3 is 4.84 Å². The molecule has 2 heteroatoms. The van der Waals surface area contributed by atoms with Gasteiger partial charge in [0.15, 0.2) is 0 Å². The molecule has 0 bridgehead atoms. The number of nitrogens with zero attached hydrogens (tertiary/aromatic N) is 1. The molecule has 0 aromatic heterocycles. The molecule has 1 aliphatic rings. The summed E-state index contributed by atoms with van der Waals surface area (Å²) in [7, 11) is 0. The Morgan fingerprint density at radius 1 is 1.88 bits per heavy atom. The van der Waals surface area contributed by atoms with Gasteiger partial charge in [-0.3, -0.25) is 0 Å². The molecule has 0 N–H and O–H groups in total. The molecule has 8 heavy (non-hydrogen) atoms. The molecule has 0 saturated carbocycles. The van der Waals surface area contributed by atoms with Crippen molar-refractivity contribution in [2.24, 2.45) is 5.16 Å². The van der Waals surface area contributed by atoms with E-state index in [1.54, 1.807) is 0 Å². The van der Waals surface area contributed by atoms with Crippen LogP contribution in [0.25, 0.3) is 0 Å². The first-order chi connectivity index (χ1) is 3.83. The van der Waals surface area contributed by atoms with Crippen LogP contribution >= 0.6 is 0 Å². The highest BCUT2D eigenvalue weighted by atomic mass is 16.6. The SMILES string of the molecule is CCC1=NO[C@H](C)C1. The van der Waals surface area contributed by atoms with Crippen LogP contribution < -0.4 is 0 Å². The standard InChI is InChI=1S/C6H11NO/c1-3-6-4-5(2)8-7-6/h5H,3-4H2,1-2H3/t5-/m1/s1. The van der Waals surface area contributed by atoms with Gasteiger partial charge in [0.2, 0.25) is 0 Å². The molecule has 46 valence electrons. The van der Waals surface area contributed by atoms with Crippen LogP contribution in [0.5, 0.6) is 0 Å². The summed E-state index contributed by atoms with van der Waals surface area (Å²) in [6.07, 6.45) is 2.38. The van der Waals surface area contributed by atoms with Crippen molar-refractivity contribution in [3.05, 3.63) is 0 Å². The van der Waals surface area contributed by atoms with Gasteiger partial charge in [-0.15, -0.1) is 0 Å². The van der Waals surface area contributed by atoms with Gasteiger partial charge in [0, 0.05) is 6.42 Å². The van der Waals surface area contributed by atoms with E-state index in [2.05, 4.69) is 12.1 Å². The van der Waals surface area contributed by atoms with E-state index >= 15 is 0 Å². The Morgan fingerprint density at radius 2 is 2.62 bits per heavy atom. The zero-order chi connectivity index (χ0) is 5.98. The van der Waals surface area contributed by atoms with Crippen LogP contribution in [-0.2, 0) is 4.84 Å². The van der Waals surface area contributed by atoms with Crippen LogP contribution in [0.4, 0.5) is 0 Å². The fraction of sp³-hybridized carbons (Fsp3) is 0.833. The Morgan fingerprint density at radius 3 is 2.88 bits per heavy atom. The van der Waals surface area contributed by atoms with E-state index in [1.165, 1.54) is 5.71 Å². The summed E-state index contributed by atoms with van der Waals surface area (Å²) in [5.41, 5.74) is 1.19. The van der Waals surface area contributed by atoms with Crippen molar-refractivity contribution in [3.8, 4) is 0 Å². The summed E-state index contributed by atoms with van der Waals surface area (Å²) in [5.74, 6) is 0. The van der Waals surface area contributed by atoms with Crippen LogP contribution in [0.1, 0.15) is 26.7 Å². The molecule has 1 atom stereocenters. The Labute approximate surface area is 49.5 Å². The lowest BCUT2D eigenvalue weighted by molar-refractivity contribution is 0.0995. The van der Waals surface area contributed by atoms with Crippen molar-refractivity contribution in [1.29, 1.82) is 0 Å².